The van der Waals surface area contributed by atoms with E-state index < -0.39 is 0 Å². The topological polar surface area (TPSA) is 17.1 Å². The first-order chi connectivity index (χ1) is 9.09. The van der Waals surface area contributed by atoms with Crippen LogP contribution < -0.4 is 0 Å². The number of ketones is 1. The SMILES string of the molecule is CC(CC(=O)c1ccccc1)CC(C)(C)CC(C)(C)C. The normalized spacial score (nSPS) is 14.1. The Bertz CT molecular complexity index is 423. The number of carbonyl (C=O) groups is 1. The number of rotatable bonds is 6. The van der Waals surface area contributed by atoms with Crippen molar-refractivity contribution in [3.05, 3.63) is 35.9 Å². The molecular weight excluding hydrogens is 244 g/mol. The summed E-state index contributed by atoms with van der Waals surface area (Å²) in [7, 11) is 0. The molecular formula is C19H30O. The van der Waals surface area contributed by atoms with Gasteiger partial charge < -0.3 is 0 Å². The highest BCUT2D eigenvalue weighted by Gasteiger charge is 2.27. The van der Waals surface area contributed by atoms with Gasteiger partial charge in [-0.05, 0) is 29.6 Å². The lowest BCUT2D eigenvalue weighted by Gasteiger charge is -2.34. The highest BCUT2D eigenvalue weighted by Crippen LogP contribution is 2.38. The maximum absolute atomic E-state index is 12.2. The number of Topliss-reactive ketones (excluding diaryl/α,β-unsaturated/α-hetero) is 1. The molecule has 0 bridgehead atoms. The molecule has 0 aliphatic heterocycles. The van der Waals surface area contributed by atoms with Crippen LogP contribution in [-0.2, 0) is 0 Å². The summed E-state index contributed by atoms with van der Waals surface area (Å²) in [5.41, 5.74) is 1.47. The van der Waals surface area contributed by atoms with E-state index in [0.29, 0.717) is 17.8 Å². The zero-order chi connectivity index (χ0) is 15.4. The second-order valence-electron chi connectivity index (χ2n) is 8.20. The van der Waals surface area contributed by atoms with E-state index >= 15 is 0 Å². The fourth-order valence-electron chi connectivity index (χ4n) is 3.58. The van der Waals surface area contributed by atoms with E-state index in [4.69, 9.17) is 0 Å². The summed E-state index contributed by atoms with van der Waals surface area (Å²) in [5, 5.41) is 0. The Morgan fingerprint density at radius 1 is 1.05 bits per heavy atom. The molecule has 1 aromatic rings. The van der Waals surface area contributed by atoms with Gasteiger partial charge in [0, 0.05) is 12.0 Å². The van der Waals surface area contributed by atoms with Crippen LogP contribution in [0, 0.1) is 16.7 Å². The predicted molar refractivity (Wildman–Crippen MR) is 87.0 cm³/mol. The van der Waals surface area contributed by atoms with Crippen LogP contribution in [0.4, 0.5) is 0 Å². The lowest BCUT2D eigenvalue weighted by Crippen LogP contribution is -2.23. The van der Waals surface area contributed by atoms with Gasteiger partial charge in [-0.1, -0.05) is 71.9 Å². The van der Waals surface area contributed by atoms with E-state index in [1.807, 2.05) is 30.3 Å². The van der Waals surface area contributed by atoms with Gasteiger partial charge in [0.2, 0.25) is 0 Å². The summed E-state index contributed by atoms with van der Waals surface area (Å²) in [6, 6.07) is 9.64. The van der Waals surface area contributed by atoms with Gasteiger partial charge in [-0.3, -0.25) is 4.79 Å². The molecule has 0 radical (unpaired) electrons. The molecule has 1 atom stereocenters. The Hall–Kier alpha value is -1.11. The van der Waals surface area contributed by atoms with E-state index in [0.717, 1.165) is 12.0 Å². The summed E-state index contributed by atoms with van der Waals surface area (Å²) in [5.74, 6) is 0.699. The lowest BCUT2D eigenvalue weighted by molar-refractivity contribution is 0.0942. The molecule has 0 fully saturated rings. The number of hydrogen-bond donors (Lipinski definition) is 0. The minimum atomic E-state index is 0.268. The van der Waals surface area contributed by atoms with E-state index in [2.05, 4.69) is 41.5 Å². The van der Waals surface area contributed by atoms with Crippen LogP contribution in [0.2, 0.25) is 0 Å². The molecule has 0 aliphatic carbocycles. The Morgan fingerprint density at radius 3 is 2.10 bits per heavy atom. The van der Waals surface area contributed by atoms with Crippen molar-refractivity contribution in [1.82, 2.24) is 0 Å². The van der Waals surface area contributed by atoms with Gasteiger partial charge in [-0.2, -0.15) is 0 Å². The average molecular weight is 274 g/mol. The predicted octanol–water partition coefficient (Wildman–Crippen LogP) is 5.75. The molecule has 112 valence electrons. The Balaban J connectivity index is 2.55. The standard InChI is InChI=1S/C19H30O/c1-15(13-19(5,6)14-18(2,3)4)12-17(20)16-10-8-7-9-11-16/h7-11,15H,12-14H2,1-6H3. The molecule has 20 heavy (non-hydrogen) atoms. The molecule has 1 nitrogen and oxygen atoms in total. The summed E-state index contributed by atoms with van der Waals surface area (Å²) >= 11 is 0. The van der Waals surface area contributed by atoms with E-state index in [1.165, 1.54) is 6.42 Å². The minimum Gasteiger partial charge on any atom is -0.294 e. The average Bonchev–Trinajstić information content (AvgIpc) is 2.25. The van der Waals surface area contributed by atoms with E-state index in [-0.39, 0.29) is 11.2 Å². The molecule has 0 amide bonds. The quantitative estimate of drug-likeness (QED) is 0.604. The molecule has 1 heteroatoms. The van der Waals surface area contributed by atoms with Crippen LogP contribution in [-0.4, -0.2) is 5.78 Å². The monoisotopic (exact) mass is 274 g/mol. The smallest absolute Gasteiger partial charge is 0.163 e. The molecule has 0 aliphatic rings. The number of benzene rings is 1. The van der Waals surface area contributed by atoms with Crippen LogP contribution in [0.15, 0.2) is 30.3 Å². The summed E-state index contributed by atoms with van der Waals surface area (Å²) in [4.78, 5) is 12.2. The Morgan fingerprint density at radius 2 is 1.60 bits per heavy atom. The van der Waals surface area contributed by atoms with Crippen molar-refractivity contribution >= 4 is 5.78 Å². The molecule has 0 saturated heterocycles. The summed E-state index contributed by atoms with van der Waals surface area (Å²) in [6.45, 7) is 13.7. The van der Waals surface area contributed by atoms with Gasteiger partial charge in [-0.15, -0.1) is 0 Å². The van der Waals surface area contributed by atoms with Gasteiger partial charge in [-0.25, -0.2) is 0 Å². The maximum atomic E-state index is 12.2. The highest BCUT2D eigenvalue weighted by molar-refractivity contribution is 5.96. The first-order valence-electron chi connectivity index (χ1n) is 7.67. The fourth-order valence-corrected chi connectivity index (χ4v) is 3.58. The molecule has 1 rings (SSSR count). The molecule has 0 aromatic heterocycles. The zero-order valence-corrected chi connectivity index (χ0v) is 14.0. The highest BCUT2D eigenvalue weighted by atomic mass is 16.1. The molecule has 1 aromatic carbocycles. The first kappa shape index (κ1) is 16.9. The van der Waals surface area contributed by atoms with Crippen molar-refractivity contribution in [2.45, 2.75) is 60.8 Å². The van der Waals surface area contributed by atoms with Crippen molar-refractivity contribution in [3.63, 3.8) is 0 Å². The summed E-state index contributed by atoms with van der Waals surface area (Å²) in [6.07, 6.45) is 2.93. The molecule has 0 spiro atoms. The van der Waals surface area contributed by atoms with Crippen molar-refractivity contribution in [2.75, 3.05) is 0 Å². The minimum absolute atomic E-state index is 0.268. The van der Waals surface area contributed by atoms with Crippen molar-refractivity contribution in [3.8, 4) is 0 Å². The number of hydrogen-bond acceptors (Lipinski definition) is 1. The van der Waals surface area contributed by atoms with Gasteiger partial charge in [0.1, 0.15) is 0 Å². The largest absolute Gasteiger partial charge is 0.294 e. The van der Waals surface area contributed by atoms with Gasteiger partial charge in [0.25, 0.3) is 0 Å². The zero-order valence-electron chi connectivity index (χ0n) is 14.0. The van der Waals surface area contributed by atoms with E-state index in [9.17, 15) is 4.79 Å². The molecule has 0 N–H and O–H groups in total. The second kappa shape index (κ2) is 6.56. The number of carbonyl (C=O) groups excluding carboxylic acids is 1. The van der Waals surface area contributed by atoms with Crippen molar-refractivity contribution < 1.29 is 4.79 Å². The van der Waals surface area contributed by atoms with Crippen molar-refractivity contribution in [2.24, 2.45) is 16.7 Å². The van der Waals surface area contributed by atoms with Crippen molar-refractivity contribution in [1.29, 1.82) is 0 Å². The summed E-state index contributed by atoms with van der Waals surface area (Å²) < 4.78 is 0. The molecule has 0 saturated carbocycles. The Kier molecular flexibility index (Phi) is 5.56. The van der Waals surface area contributed by atoms with Crippen LogP contribution in [0.3, 0.4) is 0 Å². The van der Waals surface area contributed by atoms with E-state index in [1.54, 1.807) is 0 Å². The van der Waals surface area contributed by atoms with Crippen LogP contribution in [0.5, 0.6) is 0 Å². The first-order valence-corrected chi connectivity index (χ1v) is 7.67. The fraction of sp³-hybridized carbons (Fsp3) is 0.632. The lowest BCUT2D eigenvalue weighted by atomic mass is 9.71. The van der Waals surface area contributed by atoms with Gasteiger partial charge in [0.15, 0.2) is 5.78 Å². The second-order valence-corrected chi connectivity index (χ2v) is 8.20. The van der Waals surface area contributed by atoms with Crippen LogP contribution >= 0.6 is 0 Å². The van der Waals surface area contributed by atoms with Crippen LogP contribution in [0.25, 0.3) is 0 Å². The van der Waals surface area contributed by atoms with Crippen LogP contribution in [0.1, 0.15) is 71.2 Å². The Labute approximate surface area is 124 Å². The maximum Gasteiger partial charge on any atom is 0.163 e. The molecule has 0 heterocycles. The van der Waals surface area contributed by atoms with Gasteiger partial charge in [0.05, 0.1) is 0 Å². The third-order valence-corrected chi connectivity index (χ3v) is 3.54. The third kappa shape index (κ3) is 6.36. The van der Waals surface area contributed by atoms with Gasteiger partial charge >= 0.3 is 0 Å². The third-order valence-electron chi connectivity index (χ3n) is 3.54. The molecule has 1 unspecified atom stereocenters.